The van der Waals surface area contributed by atoms with Crippen molar-refractivity contribution in [2.75, 3.05) is 6.26 Å². The van der Waals surface area contributed by atoms with Crippen molar-refractivity contribution >= 4 is 40.0 Å². The molecule has 4 aromatic rings. The van der Waals surface area contributed by atoms with E-state index in [0.29, 0.717) is 23.0 Å². The van der Waals surface area contributed by atoms with Crippen molar-refractivity contribution in [3.8, 4) is 11.5 Å². The van der Waals surface area contributed by atoms with Crippen LogP contribution in [0.1, 0.15) is 26.9 Å². The number of fused-ring (bicyclic) bond motifs is 1. The van der Waals surface area contributed by atoms with Gasteiger partial charge in [0.25, 0.3) is 5.91 Å². The van der Waals surface area contributed by atoms with E-state index in [1.807, 2.05) is 55.0 Å². The summed E-state index contributed by atoms with van der Waals surface area (Å²) in [5.74, 6) is 2.22. The number of hydrogen-bond acceptors (Lipinski definition) is 6. The molecule has 0 atom stereocenters. The van der Waals surface area contributed by atoms with E-state index in [-0.39, 0.29) is 12.5 Å². The van der Waals surface area contributed by atoms with Crippen molar-refractivity contribution in [1.82, 2.24) is 10.3 Å². The van der Waals surface area contributed by atoms with Crippen molar-refractivity contribution in [2.24, 2.45) is 0 Å². The number of amides is 1. The molecule has 0 unspecified atom stereocenters. The van der Waals surface area contributed by atoms with Gasteiger partial charge in [0, 0.05) is 22.1 Å². The van der Waals surface area contributed by atoms with Crippen molar-refractivity contribution in [2.45, 2.75) is 19.2 Å². The molecule has 5 nitrogen and oxygen atoms in total. The maximum Gasteiger partial charge on any atom is 0.287 e. The van der Waals surface area contributed by atoms with Crippen LogP contribution in [0.3, 0.4) is 0 Å². The third-order valence-electron chi connectivity index (χ3n) is 4.15. The minimum atomic E-state index is -0.238. The molecule has 0 fully saturated rings. The molecule has 1 N–H and O–H groups in total. The van der Waals surface area contributed by atoms with E-state index in [0.717, 1.165) is 27.2 Å². The molecule has 27 heavy (non-hydrogen) atoms. The Balaban J connectivity index is 1.51. The Kier molecular flexibility index (Phi) is 5.05. The first-order valence-electron chi connectivity index (χ1n) is 8.44. The quantitative estimate of drug-likeness (QED) is 0.480. The maximum atomic E-state index is 12.7. The third-order valence-corrected chi connectivity index (χ3v) is 5.50. The smallest absolute Gasteiger partial charge is 0.287 e. The van der Waals surface area contributed by atoms with Crippen LogP contribution in [-0.2, 0) is 12.3 Å². The van der Waals surface area contributed by atoms with Gasteiger partial charge < -0.3 is 14.2 Å². The predicted molar refractivity (Wildman–Crippen MR) is 109 cm³/mol. The fourth-order valence-electron chi connectivity index (χ4n) is 2.90. The van der Waals surface area contributed by atoms with Crippen molar-refractivity contribution < 1.29 is 13.6 Å². The first-order chi connectivity index (χ1) is 13.2. The van der Waals surface area contributed by atoms with Gasteiger partial charge in [-0.1, -0.05) is 18.2 Å². The van der Waals surface area contributed by atoms with E-state index in [9.17, 15) is 4.79 Å². The first-order valence-corrected chi connectivity index (χ1v) is 10.7. The van der Waals surface area contributed by atoms with Crippen LogP contribution < -0.4 is 5.32 Å². The normalized spacial score (nSPS) is 11.2. The van der Waals surface area contributed by atoms with Crippen LogP contribution in [0.15, 0.2) is 50.6 Å². The molecule has 0 radical (unpaired) electrons. The lowest BCUT2D eigenvalue weighted by Gasteiger charge is -2.03. The Labute approximate surface area is 164 Å². The Bertz CT molecular complexity index is 1090. The number of aromatic nitrogens is 1. The number of rotatable bonds is 6. The number of nitrogens with zero attached hydrogens (tertiary/aromatic N) is 1. The molecule has 0 bridgehead atoms. The number of benzene rings is 1. The first kappa shape index (κ1) is 17.9. The summed E-state index contributed by atoms with van der Waals surface area (Å²) in [6.07, 6.45) is 2.01. The fourth-order valence-corrected chi connectivity index (χ4v) is 4.08. The molecule has 4 rings (SSSR count). The Morgan fingerprint density at radius 2 is 2.07 bits per heavy atom. The molecule has 0 saturated carbocycles. The minimum absolute atomic E-state index is 0.238. The van der Waals surface area contributed by atoms with Crippen LogP contribution in [0.5, 0.6) is 0 Å². The molecule has 0 saturated heterocycles. The van der Waals surface area contributed by atoms with Gasteiger partial charge in [0.05, 0.1) is 11.6 Å². The summed E-state index contributed by atoms with van der Waals surface area (Å²) in [5, 5.41) is 6.82. The van der Waals surface area contributed by atoms with Gasteiger partial charge in [-0.05, 0) is 31.4 Å². The molecule has 0 aliphatic rings. The van der Waals surface area contributed by atoms with Crippen molar-refractivity contribution in [1.29, 1.82) is 0 Å². The monoisotopic (exact) mass is 398 g/mol. The number of aryl methyl sites for hydroxylation is 1. The van der Waals surface area contributed by atoms with Gasteiger partial charge in [-0.2, -0.15) is 11.8 Å². The summed E-state index contributed by atoms with van der Waals surface area (Å²) < 4.78 is 11.6. The van der Waals surface area contributed by atoms with E-state index < -0.39 is 0 Å². The number of hydrogen-bond donors (Lipinski definition) is 1. The molecule has 1 aromatic carbocycles. The number of carbonyl (C=O) groups excluding carboxylic acids is 1. The Hall–Kier alpha value is -2.51. The van der Waals surface area contributed by atoms with Gasteiger partial charge in [0.15, 0.2) is 11.5 Å². The Morgan fingerprint density at radius 1 is 1.22 bits per heavy atom. The predicted octanol–water partition coefficient (Wildman–Crippen LogP) is 5.25. The van der Waals surface area contributed by atoms with E-state index in [1.165, 1.54) is 0 Å². The molecule has 3 heterocycles. The SMILES string of the molecule is CSCc1c(C(=O)NCc2ccc(-c3csc(C)n3)o2)oc2ccccc12. The third kappa shape index (κ3) is 3.65. The van der Waals surface area contributed by atoms with Crippen LogP contribution in [0.2, 0.25) is 0 Å². The summed E-state index contributed by atoms with van der Waals surface area (Å²) in [7, 11) is 0. The molecule has 0 spiro atoms. The molecule has 3 aromatic heterocycles. The second-order valence-electron chi connectivity index (χ2n) is 6.04. The minimum Gasteiger partial charge on any atom is -0.458 e. The van der Waals surface area contributed by atoms with Crippen LogP contribution in [-0.4, -0.2) is 17.1 Å². The molecule has 7 heteroatoms. The summed E-state index contributed by atoms with van der Waals surface area (Å²) in [6, 6.07) is 11.4. The van der Waals surface area contributed by atoms with Crippen LogP contribution in [0.4, 0.5) is 0 Å². The summed E-state index contributed by atoms with van der Waals surface area (Å²) in [6.45, 7) is 2.25. The molecular formula is C20H18N2O3S2. The lowest BCUT2D eigenvalue weighted by molar-refractivity contribution is 0.0921. The highest BCUT2D eigenvalue weighted by atomic mass is 32.2. The van der Waals surface area contributed by atoms with Gasteiger partial charge in [-0.15, -0.1) is 11.3 Å². The lowest BCUT2D eigenvalue weighted by atomic mass is 10.1. The zero-order valence-electron chi connectivity index (χ0n) is 14.9. The second-order valence-corrected chi connectivity index (χ2v) is 7.97. The lowest BCUT2D eigenvalue weighted by Crippen LogP contribution is -2.23. The van der Waals surface area contributed by atoms with E-state index >= 15 is 0 Å². The zero-order valence-corrected chi connectivity index (χ0v) is 16.6. The summed E-state index contributed by atoms with van der Waals surface area (Å²) in [4.78, 5) is 17.1. The number of nitrogens with one attached hydrogen (secondary N) is 1. The summed E-state index contributed by atoms with van der Waals surface area (Å²) >= 11 is 3.24. The van der Waals surface area contributed by atoms with E-state index in [4.69, 9.17) is 8.83 Å². The van der Waals surface area contributed by atoms with Gasteiger partial charge in [0.2, 0.25) is 0 Å². The molecule has 0 aliphatic heterocycles. The van der Waals surface area contributed by atoms with Crippen molar-refractivity contribution in [3.05, 3.63) is 63.9 Å². The highest BCUT2D eigenvalue weighted by molar-refractivity contribution is 7.97. The van der Waals surface area contributed by atoms with E-state index in [1.54, 1.807) is 23.1 Å². The standard InChI is InChI=1S/C20H18N2O3S2/c1-12-22-16(11-27-12)18-8-7-13(24-18)9-21-20(23)19-15(10-26-2)14-5-3-4-6-17(14)25-19/h3-8,11H,9-10H2,1-2H3,(H,21,23). The second kappa shape index (κ2) is 7.62. The number of thiazole rings is 1. The summed E-state index contributed by atoms with van der Waals surface area (Å²) in [5.41, 5.74) is 2.47. The molecular weight excluding hydrogens is 380 g/mol. The Morgan fingerprint density at radius 3 is 2.85 bits per heavy atom. The number of para-hydroxylation sites is 1. The number of thioether (sulfide) groups is 1. The molecule has 1 amide bonds. The molecule has 138 valence electrons. The fraction of sp³-hybridized carbons (Fsp3) is 0.200. The van der Waals surface area contributed by atoms with Gasteiger partial charge >= 0.3 is 0 Å². The van der Waals surface area contributed by atoms with Crippen LogP contribution in [0, 0.1) is 6.92 Å². The van der Waals surface area contributed by atoms with Crippen molar-refractivity contribution in [3.63, 3.8) is 0 Å². The number of furan rings is 2. The highest BCUT2D eigenvalue weighted by Crippen LogP contribution is 2.29. The average Bonchev–Trinajstić information content (AvgIpc) is 3.39. The number of carbonyl (C=O) groups is 1. The highest BCUT2D eigenvalue weighted by Gasteiger charge is 2.20. The molecule has 0 aliphatic carbocycles. The topological polar surface area (TPSA) is 68.3 Å². The van der Waals surface area contributed by atoms with Gasteiger partial charge in [-0.25, -0.2) is 4.98 Å². The maximum absolute atomic E-state index is 12.7. The zero-order chi connectivity index (χ0) is 18.8. The average molecular weight is 399 g/mol. The van der Waals surface area contributed by atoms with Crippen LogP contribution >= 0.6 is 23.1 Å². The van der Waals surface area contributed by atoms with Crippen LogP contribution in [0.25, 0.3) is 22.4 Å². The van der Waals surface area contributed by atoms with Gasteiger partial charge in [-0.3, -0.25) is 4.79 Å². The van der Waals surface area contributed by atoms with E-state index in [2.05, 4.69) is 10.3 Å². The van der Waals surface area contributed by atoms with Gasteiger partial charge in [0.1, 0.15) is 17.0 Å². The largest absolute Gasteiger partial charge is 0.458 e.